The van der Waals surface area contributed by atoms with Gasteiger partial charge in [0, 0.05) is 36.7 Å². The van der Waals surface area contributed by atoms with Crippen molar-refractivity contribution in [2.45, 2.75) is 44.4 Å². The summed E-state index contributed by atoms with van der Waals surface area (Å²) in [4.78, 5) is 10.9. The summed E-state index contributed by atoms with van der Waals surface area (Å²) in [5.74, 6) is 3.07. The van der Waals surface area contributed by atoms with Crippen LogP contribution in [0, 0.1) is 6.92 Å². The lowest BCUT2D eigenvalue weighted by molar-refractivity contribution is 0.474. The zero-order valence-electron chi connectivity index (χ0n) is 14.3. The molecule has 0 atom stereocenters. The minimum Gasteiger partial charge on any atom is -0.356 e. The van der Waals surface area contributed by atoms with Gasteiger partial charge in [-0.3, -0.25) is 0 Å². The van der Waals surface area contributed by atoms with Crippen molar-refractivity contribution in [1.29, 1.82) is 0 Å². The van der Waals surface area contributed by atoms with Gasteiger partial charge in [-0.2, -0.15) is 9.61 Å². The van der Waals surface area contributed by atoms with Crippen LogP contribution in [0.3, 0.4) is 0 Å². The summed E-state index contributed by atoms with van der Waals surface area (Å²) in [5, 5.41) is 13.6. The van der Waals surface area contributed by atoms with Crippen molar-refractivity contribution >= 4 is 11.5 Å². The molecule has 0 N–H and O–H groups in total. The maximum atomic E-state index is 4.82. The third-order valence-corrected chi connectivity index (χ3v) is 5.28. The average molecular weight is 335 g/mol. The summed E-state index contributed by atoms with van der Waals surface area (Å²) in [6, 6.07) is 6.21. The number of fused-ring (bicyclic) bond motifs is 1. The predicted octanol–water partition coefficient (Wildman–Crippen LogP) is 2.48. The number of hydrogen-bond acceptors (Lipinski definition) is 6. The van der Waals surface area contributed by atoms with E-state index < -0.39 is 0 Å². The molecule has 0 aromatic carbocycles. The second-order valence-electron chi connectivity index (χ2n) is 7.14. The second-order valence-corrected chi connectivity index (χ2v) is 7.14. The lowest BCUT2D eigenvalue weighted by atomic mass is 9.96. The van der Waals surface area contributed by atoms with Crippen molar-refractivity contribution < 1.29 is 0 Å². The van der Waals surface area contributed by atoms with Crippen LogP contribution in [0.4, 0.5) is 5.82 Å². The van der Waals surface area contributed by atoms with Crippen LogP contribution in [0.1, 0.15) is 54.7 Å². The van der Waals surface area contributed by atoms with Crippen LogP contribution in [-0.4, -0.2) is 42.9 Å². The fourth-order valence-corrected chi connectivity index (χ4v) is 3.65. The average Bonchev–Trinajstić information content (AvgIpc) is 3.41. The van der Waals surface area contributed by atoms with Gasteiger partial charge in [0.1, 0.15) is 12.1 Å². The third kappa shape index (κ3) is 2.73. The Labute approximate surface area is 146 Å². The molecular weight excluding hydrogens is 314 g/mol. The number of hydrogen-bond donors (Lipinski definition) is 0. The van der Waals surface area contributed by atoms with Crippen LogP contribution in [0.15, 0.2) is 24.5 Å². The largest absolute Gasteiger partial charge is 0.356 e. The Morgan fingerprint density at radius 2 is 1.80 bits per heavy atom. The zero-order valence-corrected chi connectivity index (χ0v) is 14.3. The zero-order chi connectivity index (χ0) is 16.8. The van der Waals surface area contributed by atoms with Gasteiger partial charge >= 0.3 is 0 Å². The van der Waals surface area contributed by atoms with Gasteiger partial charge in [-0.15, -0.1) is 10.2 Å². The maximum absolute atomic E-state index is 4.82. The van der Waals surface area contributed by atoms with Crippen molar-refractivity contribution in [2.24, 2.45) is 0 Å². The molecule has 1 aliphatic carbocycles. The molecule has 1 saturated heterocycles. The van der Waals surface area contributed by atoms with Crippen LogP contribution in [0.5, 0.6) is 0 Å². The van der Waals surface area contributed by atoms with E-state index in [9.17, 15) is 0 Å². The number of anilines is 1. The van der Waals surface area contributed by atoms with Gasteiger partial charge in [0.05, 0.1) is 5.69 Å². The summed E-state index contributed by atoms with van der Waals surface area (Å²) in [6.45, 7) is 3.94. The number of aromatic nitrogens is 6. The highest BCUT2D eigenvalue weighted by Gasteiger charge is 2.28. The first-order valence-corrected chi connectivity index (χ1v) is 9.04. The van der Waals surface area contributed by atoms with Crippen molar-refractivity contribution in [3.8, 4) is 0 Å². The Balaban J connectivity index is 1.37. The Kier molecular flexibility index (Phi) is 3.39. The van der Waals surface area contributed by atoms with Gasteiger partial charge in [-0.05, 0) is 44.7 Å². The van der Waals surface area contributed by atoms with Gasteiger partial charge in [-0.25, -0.2) is 9.97 Å². The fraction of sp³-hybridized carbons (Fsp3) is 0.500. The molecule has 5 rings (SSSR count). The number of piperidine rings is 1. The molecule has 1 aliphatic heterocycles. The van der Waals surface area contributed by atoms with Crippen molar-refractivity contribution in [3.05, 3.63) is 41.7 Å². The van der Waals surface area contributed by atoms with E-state index in [4.69, 9.17) is 5.10 Å². The van der Waals surface area contributed by atoms with Crippen molar-refractivity contribution in [3.63, 3.8) is 0 Å². The highest BCUT2D eigenvalue weighted by atomic mass is 15.4. The predicted molar refractivity (Wildman–Crippen MR) is 93.7 cm³/mol. The summed E-state index contributed by atoms with van der Waals surface area (Å²) in [7, 11) is 0. The molecule has 0 amide bonds. The van der Waals surface area contributed by atoms with E-state index in [0.717, 1.165) is 48.9 Å². The Bertz CT molecular complexity index is 907. The number of rotatable bonds is 3. The highest BCUT2D eigenvalue weighted by Crippen LogP contribution is 2.39. The summed E-state index contributed by atoms with van der Waals surface area (Å²) in [5.41, 5.74) is 3.04. The quantitative estimate of drug-likeness (QED) is 0.732. The lowest BCUT2D eigenvalue weighted by Crippen LogP contribution is -2.34. The molecule has 2 fully saturated rings. The van der Waals surface area contributed by atoms with E-state index >= 15 is 0 Å². The van der Waals surface area contributed by atoms with Crippen LogP contribution < -0.4 is 4.90 Å². The summed E-state index contributed by atoms with van der Waals surface area (Å²) >= 11 is 0. The number of nitrogens with zero attached hydrogens (tertiary/aromatic N) is 7. The fourth-order valence-electron chi connectivity index (χ4n) is 3.65. The molecule has 25 heavy (non-hydrogen) atoms. The standard InChI is InChI=1S/C18H21N7/c1-12-10-17(20-11-19-12)24-8-6-14(7-9-24)18-22-21-16-5-4-15(13-2-3-13)23-25(16)18/h4-5,10-11,13-14H,2-3,6-9H2,1H3. The van der Waals surface area contributed by atoms with E-state index in [0.29, 0.717) is 11.8 Å². The molecule has 0 bridgehead atoms. The van der Waals surface area contributed by atoms with Crippen LogP contribution in [0.2, 0.25) is 0 Å². The van der Waals surface area contributed by atoms with Gasteiger partial charge in [0.2, 0.25) is 0 Å². The molecule has 4 heterocycles. The Hall–Kier alpha value is -2.57. The Morgan fingerprint density at radius 3 is 2.56 bits per heavy atom. The van der Waals surface area contributed by atoms with Gasteiger partial charge in [0.15, 0.2) is 11.5 Å². The van der Waals surface area contributed by atoms with Crippen LogP contribution in [-0.2, 0) is 0 Å². The minimum atomic E-state index is 0.399. The molecule has 0 radical (unpaired) electrons. The molecule has 7 nitrogen and oxygen atoms in total. The summed E-state index contributed by atoms with van der Waals surface area (Å²) < 4.78 is 1.98. The van der Waals surface area contributed by atoms with Crippen LogP contribution in [0.25, 0.3) is 5.65 Å². The van der Waals surface area contributed by atoms with Gasteiger partial charge < -0.3 is 4.90 Å². The highest BCUT2D eigenvalue weighted by molar-refractivity contribution is 5.40. The smallest absolute Gasteiger partial charge is 0.177 e. The summed E-state index contributed by atoms with van der Waals surface area (Å²) in [6.07, 6.45) is 6.24. The molecule has 3 aromatic heterocycles. The second kappa shape index (κ2) is 5.75. The SMILES string of the molecule is Cc1cc(N2CCC(c3nnc4ccc(C5CC5)nn34)CC2)ncn1. The van der Waals surface area contributed by atoms with E-state index in [1.165, 1.54) is 18.5 Å². The molecule has 2 aliphatic rings. The Morgan fingerprint density at radius 1 is 0.960 bits per heavy atom. The van der Waals surface area contributed by atoms with Crippen LogP contribution >= 0.6 is 0 Å². The molecule has 7 heteroatoms. The first-order chi connectivity index (χ1) is 12.3. The van der Waals surface area contributed by atoms with E-state index in [1.807, 2.05) is 11.4 Å². The molecular formula is C18H21N7. The van der Waals surface area contributed by atoms with Gasteiger partial charge in [-0.1, -0.05) is 0 Å². The first kappa shape index (κ1) is 14.7. The molecule has 1 saturated carbocycles. The molecule has 128 valence electrons. The minimum absolute atomic E-state index is 0.399. The van der Waals surface area contributed by atoms with Crippen molar-refractivity contribution in [2.75, 3.05) is 18.0 Å². The third-order valence-electron chi connectivity index (χ3n) is 5.28. The molecule has 0 spiro atoms. The maximum Gasteiger partial charge on any atom is 0.177 e. The first-order valence-electron chi connectivity index (χ1n) is 9.04. The normalized spacial score (nSPS) is 18.8. The molecule has 0 unspecified atom stereocenters. The van der Waals surface area contributed by atoms with Crippen molar-refractivity contribution in [1.82, 2.24) is 29.8 Å². The van der Waals surface area contributed by atoms with Gasteiger partial charge in [0.25, 0.3) is 0 Å². The molecule has 3 aromatic rings. The monoisotopic (exact) mass is 335 g/mol. The van der Waals surface area contributed by atoms with E-state index in [1.54, 1.807) is 6.33 Å². The lowest BCUT2D eigenvalue weighted by Gasteiger charge is -2.31. The topological polar surface area (TPSA) is 72.1 Å². The van der Waals surface area contributed by atoms with E-state index in [2.05, 4.69) is 43.3 Å². The van der Waals surface area contributed by atoms with E-state index in [-0.39, 0.29) is 0 Å². The number of aryl methyl sites for hydroxylation is 1.